The number of nitrogens with zero attached hydrogens (tertiary/aromatic N) is 3. The zero-order valence-electron chi connectivity index (χ0n) is 19.6. The van der Waals surface area contributed by atoms with Crippen molar-refractivity contribution >= 4 is 28.9 Å². The van der Waals surface area contributed by atoms with E-state index in [0.29, 0.717) is 42.5 Å². The molecule has 0 bridgehead atoms. The van der Waals surface area contributed by atoms with Gasteiger partial charge in [0.25, 0.3) is 5.91 Å². The number of carbonyl (C=O) groups is 1. The molecule has 5 nitrogen and oxygen atoms in total. The van der Waals surface area contributed by atoms with Crippen molar-refractivity contribution in [2.24, 2.45) is 0 Å². The molecule has 1 N–H and O–H groups in total. The van der Waals surface area contributed by atoms with E-state index in [1.165, 1.54) is 11.1 Å². The van der Waals surface area contributed by atoms with Crippen LogP contribution in [0, 0.1) is 0 Å². The fourth-order valence-electron chi connectivity index (χ4n) is 4.69. The molecular weight excluding hydrogens is 465 g/mol. The van der Waals surface area contributed by atoms with Crippen LogP contribution in [0.2, 0.25) is 5.02 Å². The quantitative estimate of drug-likeness (QED) is 0.605. The Hall–Kier alpha value is -2.29. The van der Waals surface area contributed by atoms with Crippen molar-refractivity contribution in [2.45, 2.75) is 25.6 Å². The third-order valence-corrected chi connectivity index (χ3v) is 6.92. The molecule has 2 aliphatic heterocycles. The first-order valence-electron chi connectivity index (χ1n) is 11.6. The smallest absolute Gasteiger partial charge is 0.367 e. The summed E-state index contributed by atoms with van der Waals surface area (Å²) in [4.78, 5) is 17.0. The second-order valence-corrected chi connectivity index (χ2v) is 10.3. The number of carbonyl (C=O) groups excluding carboxylic acids is 1. The maximum absolute atomic E-state index is 13.1. The van der Waals surface area contributed by atoms with Crippen molar-refractivity contribution < 1.29 is 22.4 Å². The molecule has 0 saturated carbocycles. The van der Waals surface area contributed by atoms with E-state index in [9.17, 15) is 18.0 Å². The van der Waals surface area contributed by atoms with Gasteiger partial charge >= 0.3 is 6.18 Å². The first-order valence-corrected chi connectivity index (χ1v) is 12.0. The Bertz CT molecular complexity index is 1050. The highest BCUT2D eigenvalue weighted by Crippen LogP contribution is 2.31. The van der Waals surface area contributed by atoms with Crippen LogP contribution in [0.4, 0.5) is 24.5 Å². The third kappa shape index (κ3) is 6.23. The van der Waals surface area contributed by atoms with Gasteiger partial charge in [-0.1, -0.05) is 17.7 Å². The summed E-state index contributed by atoms with van der Waals surface area (Å²) in [6, 6.07) is 11.2. The van der Waals surface area contributed by atoms with Gasteiger partial charge in [0.2, 0.25) is 0 Å². The van der Waals surface area contributed by atoms with Crippen molar-refractivity contribution in [2.75, 3.05) is 63.6 Å². The normalized spacial score (nSPS) is 18.5. The van der Waals surface area contributed by atoms with Crippen molar-refractivity contribution in [3.8, 4) is 0 Å². The monoisotopic (exact) mass is 495 g/mol. The molecule has 0 atom stereocenters. The minimum absolute atomic E-state index is 0.00429. The van der Waals surface area contributed by atoms with E-state index in [1.54, 1.807) is 18.2 Å². The fraction of sp³-hybridized carbons (Fsp3) is 0.480. The van der Waals surface area contributed by atoms with Crippen molar-refractivity contribution in [3.63, 3.8) is 0 Å². The number of hydrogen-bond acceptors (Lipinski definition) is 3. The van der Waals surface area contributed by atoms with Gasteiger partial charge < -0.3 is 14.7 Å². The summed E-state index contributed by atoms with van der Waals surface area (Å²) < 4.78 is 38.5. The number of nitrogens with one attached hydrogen (secondary N) is 1. The van der Waals surface area contributed by atoms with E-state index in [0.717, 1.165) is 29.7 Å². The van der Waals surface area contributed by atoms with Crippen LogP contribution in [0.3, 0.4) is 0 Å². The Morgan fingerprint density at radius 2 is 1.79 bits per heavy atom. The molecule has 1 fully saturated rings. The lowest BCUT2D eigenvalue weighted by atomic mass is 9.96. The average Bonchev–Trinajstić information content (AvgIpc) is 2.77. The molecule has 2 aromatic carbocycles. The van der Waals surface area contributed by atoms with E-state index in [2.05, 4.69) is 24.3 Å². The molecule has 4 rings (SSSR count). The number of rotatable bonds is 5. The molecule has 0 spiro atoms. The zero-order chi connectivity index (χ0) is 24.5. The number of halogens is 4. The Balaban J connectivity index is 1.45. The summed E-state index contributed by atoms with van der Waals surface area (Å²) in [5, 5.41) is 3.57. The number of fused-ring (bicyclic) bond motifs is 1. The molecule has 1 saturated heterocycles. The Kier molecular flexibility index (Phi) is 7.12. The summed E-state index contributed by atoms with van der Waals surface area (Å²) >= 11 is 6.25. The Labute approximate surface area is 203 Å². The molecular formula is C25H31ClF3N4O+. The Morgan fingerprint density at radius 3 is 2.50 bits per heavy atom. The van der Waals surface area contributed by atoms with Crippen LogP contribution in [0.5, 0.6) is 0 Å². The molecule has 2 heterocycles. The molecule has 0 unspecified atom stereocenters. The van der Waals surface area contributed by atoms with Gasteiger partial charge in [0.15, 0.2) is 0 Å². The predicted octanol–water partition coefficient (Wildman–Crippen LogP) is 4.80. The molecule has 34 heavy (non-hydrogen) atoms. The summed E-state index contributed by atoms with van der Waals surface area (Å²) in [7, 11) is 4.39. The minimum atomic E-state index is -4.15. The first-order chi connectivity index (χ1) is 16.0. The van der Waals surface area contributed by atoms with Gasteiger partial charge in [-0.3, -0.25) is 9.69 Å². The number of hydrogen-bond donors (Lipinski definition) is 1. The van der Waals surface area contributed by atoms with Crippen LogP contribution >= 0.6 is 11.6 Å². The number of likely N-dealkylation sites (N-methyl/N-ethyl adjacent to an activating group) is 1. The zero-order valence-corrected chi connectivity index (χ0v) is 20.3. The predicted molar refractivity (Wildman–Crippen MR) is 130 cm³/mol. The van der Waals surface area contributed by atoms with E-state index in [1.807, 2.05) is 23.1 Å². The van der Waals surface area contributed by atoms with Crippen LogP contribution in [0.15, 0.2) is 36.4 Å². The van der Waals surface area contributed by atoms with Crippen molar-refractivity contribution in [1.82, 2.24) is 4.90 Å². The van der Waals surface area contributed by atoms with Crippen LogP contribution in [0.25, 0.3) is 0 Å². The lowest BCUT2D eigenvalue weighted by Crippen LogP contribution is -2.47. The topological polar surface area (TPSA) is 35.6 Å². The first kappa shape index (κ1) is 24.8. The van der Waals surface area contributed by atoms with Gasteiger partial charge in [-0.25, -0.2) is 0 Å². The largest absolute Gasteiger partial charge is 0.390 e. The second kappa shape index (κ2) is 9.76. The van der Waals surface area contributed by atoms with E-state index >= 15 is 0 Å². The number of quaternary nitrogens is 1. The summed E-state index contributed by atoms with van der Waals surface area (Å²) in [5.74, 6) is -0.189. The average molecular weight is 496 g/mol. The lowest BCUT2D eigenvalue weighted by molar-refractivity contribution is -0.905. The SMILES string of the molecule is C[N+]1(C)CCc2ccc(C(=O)Nc3ccc(Cl)cc3N3CCN(CCC(F)(F)F)CC3)cc2C1. The molecule has 0 aliphatic carbocycles. The number of benzene rings is 2. The van der Waals surface area contributed by atoms with Gasteiger partial charge in [-0.15, -0.1) is 0 Å². The summed E-state index contributed by atoms with van der Waals surface area (Å²) in [6.45, 7) is 4.14. The van der Waals surface area contributed by atoms with Gasteiger partial charge in [0.1, 0.15) is 6.54 Å². The molecule has 1 amide bonds. The van der Waals surface area contributed by atoms with Crippen molar-refractivity contribution in [1.29, 1.82) is 0 Å². The highest BCUT2D eigenvalue weighted by Gasteiger charge is 2.29. The maximum atomic E-state index is 13.1. The molecule has 0 aromatic heterocycles. The molecule has 2 aromatic rings. The van der Waals surface area contributed by atoms with E-state index in [4.69, 9.17) is 11.6 Å². The van der Waals surface area contributed by atoms with Gasteiger partial charge in [0, 0.05) is 55.3 Å². The number of piperazine rings is 1. The van der Waals surface area contributed by atoms with E-state index < -0.39 is 12.6 Å². The highest BCUT2D eigenvalue weighted by molar-refractivity contribution is 6.31. The maximum Gasteiger partial charge on any atom is 0.390 e. The van der Waals surface area contributed by atoms with Gasteiger partial charge in [0.05, 0.1) is 38.4 Å². The number of anilines is 2. The highest BCUT2D eigenvalue weighted by atomic mass is 35.5. The van der Waals surface area contributed by atoms with Gasteiger partial charge in [-0.2, -0.15) is 13.2 Å². The van der Waals surface area contributed by atoms with Crippen LogP contribution < -0.4 is 10.2 Å². The number of amides is 1. The molecule has 0 radical (unpaired) electrons. The van der Waals surface area contributed by atoms with Crippen LogP contribution in [-0.2, 0) is 13.0 Å². The molecule has 184 valence electrons. The van der Waals surface area contributed by atoms with Crippen LogP contribution in [-0.4, -0.2) is 74.8 Å². The summed E-state index contributed by atoms with van der Waals surface area (Å²) in [5.41, 5.74) is 4.54. The lowest BCUT2D eigenvalue weighted by Gasteiger charge is -2.37. The molecule has 9 heteroatoms. The molecule has 2 aliphatic rings. The van der Waals surface area contributed by atoms with Gasteiger partial charge in [-0.05, 0) is 35.9 Å². The van der Waals surface area contributed by atoms with E-state index in [-0.39, 0.29) is 12.5 Å². The van der Waals surface area contributed by atoms with Crippen LogP contribution in [0.1, 0.15) is 27.9 Å². The minimum Gasteiger partial charge on any atom is -0.367 e. The number of alkyl halides is 3. The standard InChI is InChI=1S/C25H30ClF3N4O/c1-33(2)14-7-18-3-4-19(15-20(18)17-33)24(34)30-22-6-5-21(26)16-23(22)32-12-10-31(11-13-32)9-8-25(27,28)29/h3-6,15-16H,7-14,17H2,1-2H3/p+1. The Morgan fingerprint density at radius 1 is 1.06 bits per heavy atom. The fourth-order valence-corrected chi connectivity index (χ4v) is 4.85. The van der Waals surface area contributed by atoms with Crippen molar-refractivity contribution in [3.05, 3.63) is 58.1 Å². The summed E-state index contributed by atoms with van der Waals surface area (Å²) in [6.07, 6.45) is -3.95. The third-order valence-electron chi connectivity index (χ3n) is 6.69. The second-order valence-electron chi connectivity index (χ2n) is 9.86.